The molecule has 2 atom stereocenters. The molecule has 2 nitrogen and oxygen atoms in total. The van der Waals surface area contributed by atoms with E-state index in [0.717, 1.165) is 36.2 Å². The Bertz CT molecular complexity index is 398. The molecule has 1 aliphatic rings. The number of thioether (sulfide) groups is 1. The molecule has 1 fully saturated rings. The summed E-state index contributed by atoms with van der Waals surface area (Å²) >= 11 is 2.15. The van der Waals surface area contributed by atoms with Gasteiger partial charge in [0.15, 0.2) is 0 Å². The highest BCUT2D eigenvalue weighted by atomic mass is 32.2. The van der Waals surface area contributed by atoms with Crippen LogP contribution < -0.4 is 0 Å². The highest BCUT2D eigenvalue weighted by Gasteiger charge is 2.35. The average molecular weight is 337 g/mol. The summed E-state index contributed by atoms with van der Waals surface area (Å²) in [5, 5.41) is 10.3. The smallest absolute Gasteiger partial charge is 0.303 e. The van der Waals surface area contributed by atoms with Crippen LogP contribution in [-0.2, 0) is 4.79 Å². The summed E-state index contributed by atoms with van der Waals surface area (Å²) in [5.74, 6) is -0.707. The van der Waals surface area contributed by atoms with E-state index >= 15 is 0 Å². The number of unbranched alkanes of at least 4 members (excludes halogenated alkanes) is 3. The fourth-order valence-corrected chi connectivity index (χ4v) is 3.63. The summed E-state index contributed by atoms with van der Waals surface area (Å²) in [4.78, 5) is 10.3. The molecule has 0 saturated carbocycles. The van der Waals surface area contributed by atoms with Crippen LogP contribution in [0, 0.1) is 0 Å². The molecule has 1 heterocycles. The standard InChI is InChI=1S/C20H32O2S/c1-2-3-12-15-18-19(23-18)16-13-10-8-6-4-5-7-9-11-14-17-20(21)22/h4,6-7,9-10,13,18-19H,2-3,5,8,11-12,14-17H2,1H3,(H,21,22)/b6-4+,9-7+,13-10+/t18-,19-/m0/s1. The van der Waals surface area contributed by atoms with Crippen LogP contribution in [0.1, 0.15) is 71.1 Å². The molecule has 3 heteroatoms. The lowest BCUT2D eigenvalue weighted by Crippen LogP contribution is -1.92. The quantitative estimate of drug-likeness (QED) is 0.235. The fourth-order valence-electron chi connectivity index (χ4n) is 2.50. The van der Waals surface area contributed by atoms with Crippen LogP contribution in [0.3, 0.4) is 0 Å². The molecular weight excluding hydrogens is 304 g/mol. The Balaban J connectivity index is 1.90. The van der Waals surface area contributed by atoms with Crippen LogP contribution in [0.25, 0.3) is 0 Å². The van der Waals surface area contributed by atoms with Crippen LogP contribution >= 0.6 is 11.8 Å². The second-order valence-corrected chi connectivity index (χ2v) is 7.60. The van der Waals surface area contributed by atoms with Gasteiger partial charge in [-0.15, -0.1) is 0 Å². The monoisotopic (exact) mass is 336 g/mol. The molecule has 0 aromatic heterocycles. The van der Waals surface area contributed by atoms with Gasteiger partial charge in [0.05, 0.1) is 0 Å². The van der Waals surface area contributed by atoms with E-state index in [4.69, 9.17) is 5.11 Å². The van der Waals surface area contributed by atoms with E-state index in [2.05, 4.69) is 55.1 Å². The molecule has 0 unspecified atom stereocenters. The molecule has 23 heavy (non-hydrogen) atoms. The largest absolute Gasteiger partial charge is 0.481 e. The first-order valence-electron chi connectivity index (χ1n) is 9.06. The second kappa shape index (κ2) is 13.5. The number of rotatable bonds is 14. The minimum atomic E-state index is -0.707. The summed E-state index contributed by atoms with van der Waals surface area (Å²) in [6.07, 6.45) is 23.8. The summed E-state index contributed by atoms with van der Waals surface area (Å²) in [7, 11) is 0. The van der Waals surface area contributed by atoms with Crippen molar-refractivity contribution in [2.45, 2.75) is 81.6 Å². The Labute approximate surface area is 146 Å². The van der Waals surface area contributed by atoms with Gasteiger partial charge in [0, 0.05) is 16.9 Å². The Morgan fingerprint density at radius 2 is 1.65 bits per heavy atom. The number of carboxylic acid groups (broad SMARTS) is 1. The number of allylic oxidation sites excluding steroid dienone is 6. The molecule has 0 amide bonds. The van der Waals surface area contributed by atoms with Gasteiger partial charge < -0.3 is 5.11 Å². The van der Waals surface area contributed by atoms with Crippen molar-refractivity contribution in [1.29, 1.82) is 0 Å². The Kier molecular flexibility index (Phi) is 11.8. The van der Waals surface area contributed by atoms with E-state index in [0.29, 0.717) is 0 Å². The van der Waals surface area contributed by atoms with E-state index in [9.17, 15) is 4.79 Å². The normalized spacial score (nSPS) is 20.9. The highest BCUT2D eigenvalue weighted by molar-refractivity contribution is 8.07. The third kappa shape index (κ3) is 12.2. The molecule has 0 aromatic carbocycles. The van der Waals surface area contributed by atoms with Crippen molar-refractivity contribution < 1.29 is 9.90 Å². The van der Waals surface area contributed by atoms with E-state index < -0.39 is 5.97 Å². The van der Waals surface area contributed by atoms with Gasteiger partial charge in [0.2, 0.25) is 0 Å². The SMILES string of the molecule is CCCCC[C@@H]1S[C@H]1C/C=C/C/C=C/C/C=C/CCCC(=O)O. The van der Waals surface area contributed by atoms with Crippen molar-refractivity contribution in [3.63, 3.8) is 0 Å². The molecule has 0 spiro atoms. The van der Waals surface area contributed by atoms with Crippen molar-refractivity contribution in [2.24, 2.45) is 0 Å². The lowest BCUT2D eigenvalue weighted by Gasteiger charge is -1.95. The van der Waals surface area contributed by atoms with Gasteiger partial charge >= 0.3 is 5.97 Å². The summed E-state index contributed by atoms with van der Waals surface area (Å²) in [6.45, 7) is 2.27. The molecule has 130 valence electrons. The summed E-state index contributed by atoms with van der Waals surface area (Å²) in [6, 6.07) is 0. The average Bonchev–Trinajstić information content (AvgIpc) is 3.27. The van der Waals surface area contributed by atoms with Gasteiger partial charge in [0.1, 0.15) is 0 Å². The minimum absolute atomic E-state index is 0.268. The molecule has 0 aromatic rings. The first kappa shape index (κ1) is 20.1. The zero-order valence-corrected chi connectivity index (χ0v) is 15.3. The Hall–Kier alpha value is -0.960. The summed E-state index contributed by atoms with van der Waals surface area (Å²) < 4.78 is 0. The first-order valence-corrected chi connectivity index (χ1v) is 10.0. The van der Waals surface area contributed by atoms with Gasteiger partial charge in [-0.05, 0) is 38.5 Å². The van der Waals surface area contributed by atoms with Gasteiger partial charge in [-0.2, -0.15) is 11.8 Å². The number of hydrogen-bond acceptors (Lipinski definition) is 2. The maximum atomic E-state index is 10.3. The lowest BCUT2D eigenvalue weighted by molar-refractivity contribution is -0.137. The highest BCUT2D eigenvalue weighted by Crippen LogP contribution is 2.46. The molecule has 1 N–H and O–H groups in total. The number of aliphatic carboxylic acids is 1. The van der Waals surface area contributed by atoms with Gasteiger partial charge in [-0.1, -0.05) is 62.6 Å². The van der Waals surface area contributed by atoms with E-state index in [1.54, 1.807) is 0 Å². The topological polar surface area (TPSA) is 37.3 Å². The molecule has 1 rings (SSSR count). The molecule has 0 bridgehead atoms. The van der Waals surface area contributed by atoms with Crippen molar-refractivity contribution in [2.75, 3.05) is 0 Å². The predicted molar refractivity (Wildman–Crippen MR) is 102 cm³/mol. The van der Waals surface area contributed by atoms with Crippen LogP contribution in [0.2, 0.25) is 0 Å². The van der Waals surface area contributed by atoms with E-state index in [-0.39, 0.29) is 6.42 Å². The third-order valence-corrected chi connectivity index (χ3v) is 5.42. The van der Waals surface area contributed by atoms with Gasteiger partial charge in [0.25, 0.3) is 0 Å². The van der Waals surface area contributed by atoms with Crippen molar-refractivity contribution in [3.8, 4) is 0 Å². The minimum Gasteiger partial charge on any atom is -0.481 e. The second-order valence-electron chi connectivity index (χ2n) is 6.12. The van der Waals surface area contributed by atoms with Gasteiger partial charge in [-0.25, -0.2) is 0 Å². The van der Waals surface area contributed by atoms with Crippen LogP contribution in [0.5, 0.6) is 0 Å². The number of hydrogen-bond donors (Lipinski definition) is 1. The van der Waals surface area contributed by atoms with Crippen molar-refractivity contribution in [1.82, 2.24) is 0 Å². The Morgan fingerprint density at radius 3 is 2.35 bits per heavy atom. The number of carbonyl (C=O) groups is 1. The molecule has 0 radical (unpaired) electrons. The lowest BCUT2D eigenvalue weighted by atomic mass is 10.1. The van der Waals surface area contributed by atoms with Crippen LogP contribution in [0.15, 0.2) is 36.5 Å². The van der Waals surface area contributed by atoms with Crippen LogP contribution in [0.4, 0.5) is 0 Å². The zero-order chi connectivity index (χ0) is 16.8. The summed E-state index contributed by atoms with van der Waals surface area (Å²) in [5.41, 5.74) is 0. The molecule has 1 aliphatic heterocycles. The Morgan fingerprint density at radius 1 is 0.957 bits per heavy atom. The van der Waals surface area contributed by atoms with Crippen molar-refractivity contribution in [3.05, 3.63) is 36.5 Å². The van der Waals surface area contributed by atoms with E-state index in [1.807, 2.05) is 0 Å². The van der Waals surface area contributed by atoms with Crippen LogP contribution in [-0.4, -0.2) is 21.6 Å². The predicted octanol–water partition coefficient (Wildman–Crippen LogP) is 6.14. The zero-order valence-electron chi connectivity index (χ0n) is 14.5. The maximum absolute atomic E-state index is 10.3. The first-order chi connectivity index (χ1) is 11.2. The molecule has 0 aliphatic carbocycles. The molecule has 1 saturated heterocycles. The third-order valence-electron chi connectivity index (χ3n) is 3.95. The number of carboxylic acids is 1. The molecular formula is C20H32O2S. The fraction of sp³-hybridized carbons (Fsp3) is 0.650. The van der Waals surface area contributed by atoms with E-state index in [1.165, 1.54) is 32.1 Å². The maximum Gasteiger partial charge on any atom is 0.303 e. The van der Waals surface area contributed by atoms with Crippen molar-refractivity contribution >= 4 is 17.7 Å². The van der Waals surface area contributed by atoms with Gasteiger partial charge in [-0.3, -0.25) is 4.79 Å².